The molecule has 1 aromatic rings. The van der Waals surface area contributed by atoms with Crippen molar-refractivity contribution in [3.8, 4) is 0 Å². The molecular weight excluding hydrogens is 277 g/mol. The first kappa shape index (κ1) is 15.9. The van der Waals surface area contributed by atoms with Crippen LogP contribution in [-0.4, -0.2) is 23.0 Å². The quantitative estimate of drug-likeness (QED) is 0.849. The van der Waals surface area contributed by atoms with Crippen LogP contribution in [0.15, 0.2) is 12.1 Å². The molecule has 0 saturated carbocycles. The topological polar surface area (TPSA) is 68.3 Å². The van der Waals surface area contributed by atoms with Crippen molar-refractivity contribution >= 4 is 18.1 Å². The van der Waals surface area contributed by atoms with Gasteiger partial charge < -0.3 is 4.74 Å². The molecule has 0 atom stereocenters. The van der Waals surface area contributed by atoms with Crippen LogP contribution in [0.4, 0.5) is 23.7 Å². The third-order valence-corrected chi connectivity index (χ3v) is 1.96. The molecule has 0 radical (unpaired) electrons. The molecule has 0 saturated heterocycles. The highest BCUT2D eigenvalue weighted by Crippen LogP contribution is 2.29. The zero-order chi connectivity index (χ0) is 15.6. The molecule has 0 bridgehead atoms. The highest BCUT2D eigenvalue weighted by atomic mass is 19.4. The van der Waals surface area contributed by atoms with Crippen LogP contribution in [0.5, 0.6) is 0 Å². The molecular formula is C12H13F3N2O3. The van der Waals surface area contributed by atoms with Crippen molar-refractivity contribution in [3.05, 3.63) is 23.5 Å². The van der Waals surface area contributed by atoms with E-state index in [0.717, 1.165) is 6.07 Å². The predicted molar refractivity (Wildman–Crippen MR) is 64.5 cm³/mol. The Bertz CT molecular complexity index is 522. The Hall–Kier alpha value is -2.12. The number of hydrogen-bond acceptors (Lipinski definition) is 4. The number of rotatable bonds is 2. The summed E-state index contributed by atoms with van der Waals surface area (Å²) in [6, 6.07) is 1.61. The van der Waals surface area contributed by atoms with Crippen molar-refractivity contribution in [1.82, 2.24) is 4.98 Å². The van der Waals surface area contributed by atoms with Gasteiger partial charge in [0.2, 0.25) is 0 Å². The number of halogens is 3. The lowest BCUT2D eigenvalue weighted by molar-refractivity contribution is -0.141. The Morgan fingerprint density at radius 3 is 2.35 bits per heavy atom. The van der Waals surface area contributed by atoms with Gasteiger partial charge in [0.1, 0.15) is 17.0 Å². The van der Waals surface area contributed by atoms with Gasteiger partial charge in [-0.15, -0.1) is 0 Å². The number of nitrogens with one attached hydrogen (secondary N) is 1. The van der Waals surface area contributed by atoms with Gasteiger partial charge in [0.05, 0.1) is 5.69 Å². The van der Waals surface area contributed by atoms with Gasteiger partial charge in [-0.05, 0) is 32.9 Å². The standard InChI is InChI=1S/C12H13F3N2O3/c1-11(2,3)20-10(19)17-7-4-5-9(12(13,14)15)16-8(7)6-18/h4-6H,1-3H3,(H,17,19). The normalized spacial score (nSPS) is 11.9. The molecule has 110 valence electrons. The van der Waals surface area contributed by atoms with E-state index >= 15 is 0 Å². The minimum absolute atomic E-state index is 0.127. The van der Waals surface area contributed by atoms with Crippen molar-refractivity contribution in [2.24, 2.45) is 0 Å². The second-order valence-electron chi connectivity index (χ2n) is 4.87. The summed E-state index contributed by atoms with van der Waals surface area (Å²) in [5.41, 5.74) is -2.66. The molecule has 0 fully saturated rings. The maximum absolute atomic E-state index is 12.4. The summed E-state index contributed by atoms with van der Waals surface area (Å²) in [7, 11) is 0. The van der Waals surface area contributed by atoms with Crippen molar-refractivity contribution in [2.75, 3.05) is 5.32 Å². The Kier molecular flexibility index (Phi) is 4.36. The average molecular weight is 290 g/mol. The fourth-order valence-corrected chi connectivity index (χ4v) is 1.24. The first-order chi connectivity index (χ1) is 9.03. The van der Waals surface area contributed by atoms with Crippen LogP contribution in [0.25, 0.3) is 0 Å². The van der Waals surface area contributed by atoms with Crippen LogP contribution >= 0.6 is 0 Å². The minimum atomic E-state index is -4.66. The van der Waals surface area contributed by atoms with Gasteiger partial charge in [0, 0.05) is 0 Å². The Morgan fingerprint density at radius 2 is 1.90 bits per heavy atom. The summed E-state index contributed by atoms with van der Waals surface area (Å²) in [4.78, 5) is 25.4. The number of alkyl halides is 3. The minimum Gasteiger partial charge on any atom is -0.444 e. The number of hydrogen-bond donors (Lipinski definition) is 1. The van der Waals surface area contributed by atoms with Crippen molar-refractivity contribution in [1.29, 1.82) is 0 Å². The smallest absolute Gasteiger partial charge is 0.433 e. The SMILES string of the molecule is CC(C)(C)OC(=O)Nc1ccc(C(F)(F)F)nc1C=O. The van der Waals surface area contributed by atoms with E-state index in [9.17, 15) is 22.8 Å². The molecule has 8 heteroatoms. The van der Waals surface area contributed by atoms with Crippen molar-refractivity contribution in [3.63, 3.8) is 0 Å². The van der Waals surface area contributed by atoms with Gasteiger partial charge in [0.25, 0.3) is 0 Å². The van der Waals surface area contributed by atoms with Crippen LogP contribution in [-0.2, 0) is 10.9 Å². The van der Waals surface area contributed by atoms with Crippen molar-refractivity contribution < 1.29 is 27.5 Å². The molecule has 1 amide bonds. The zero-order valence-corrected chi connectivity index (χ0v) is 11.0. The molecule has 0 spiro atoms. The molecule has 1 heterocycles. The zero-order valence-electron chi connectivity index (χ0n) is 11.0. The molecule has 0 aliphatic heterocycles. The molecule has 0 aliphatic rings. The number of aldehydes is 1. The van der Waals surface area contributed by atoms with E-state index in [2.05, 4.69) is 10.3 Å². The highest BCUT2D eigenvalue weighted by Gasteiger charge is 2.33. The van der Waals surface area contributed by atoms with Gasteiger partial charge in [-0.1, -0.05) is 0 Å². The molecule has 5 nitrogen and oxygen atoms in total. The maximum Gasteiger partial charge on any atom is 0.433 e. The van der Waals surface area contributed by atoms with Crippen molar-refractivity contribution in [2.45, 2.75) is 32.5 Å². The Morgan fingerprint density at radius 1 is 1.30 bits per heavy atom. The van der Waals surface area contributed by atoms with E-state index in [1.807, 2.05) is 0 Å². The second-order valence-corrected chi connectivity index (χ2v) is 4.87. The van der Waals surface area contributed by atoms with Crippen LogP contribution in [0, 0.1) is 0 Å². The third-order valence-electron chi connectivity index (χ3n) is 1.96. The van der Waals surface area contributed by atoms with Gasteiger partial charge in [0.15, 0.2) is 6.29 Å². The maximum atomic E-state index is 12.4. The number of pyridine rings is 1. The lowest BCUT2D eigenvalue weighted by Gasteiger charge is -2.20. The van der Waals surface area contributed by atoms with E-state index in [0.29, 0.717) is 6.07 Å². The molecule has 0 unspecified atom stereocenters. The number of ether oxygens (including phenoxy) is 1. The number of carbonyl (C=O) groups is 2. The lowest BCUT2D eigenvalue weighted by Crippen LogP contribution is -2.27. The fourth-order valence-electron chi connectivity index (χ4n) is 1.24. The summed E-state index contributed by atoms with van der Waals surface area (Å²) >= 11 is 0. The third kappa shape index (κ3) is 4.52. The fraction of sp³-hybridized carbons (Fsp3) is 0.417. The molecule has 20 heavy (non-hydrogen) atoms. The van der Waals surface area contributed by atoms with Gasteiger partial charge in [-0.25, -0.2) is 9.78 Å². The average Bonchev–Trinajstić information content (AvgIpc) is 2.25. The summed E-state index contributed by atoms with van der Waals surface area (Å²) in [5, 5.41) is 2.17. The summed E-state index contributed by atoms with van der Waals surface area (Å²) < 4.78 is 42.2. The predicted octanol–water partition coefficient (Wildman–Crippen LogP) is 3.26. The molecule has 1 rings (SSSR count). The van der Waals surface area contributed by atoms with E-state index in [1.54, 1.807) is 20.8 Å². The number of aromatic nitrogens is 1. The summed E-state index contributed by atoms with van der Waals surface area (Å²) in [6.45, 7) is 4.87. The first-order valence-electron chi connectivity index (χ1n) is 5.56. The van der Waals surface area contributed by atoms with Gasteiger partial charge >= 0.3 is 12.3 Å². The van der Waals surface area contributed by atoms with Crippen LogP contribution < -0.4 is 5.32 Å². The van der Waals surface area contributed by atoms with E-state index in [1.165, 1.54) is 0 Å². The van der Waals surface area contributed by atoms with Gasteiger partial charge in [-0.2, -0.15) is 13.2 Å². The Labute approximate surface area is 113 Å². The van der Waals surface area contributed by atoms with E-state index < -0.39 is 29.3 Å². The largest absolute Gasteiger partial charge is 0.444 e. The molecule has 0 aromatic carbocycles. The van der Waals surface area contributed by atoms with Crippen LogP contribution in [0.1, 0.15) is 37.0 Å². The summed E-state index contributed by atoms with van der Waals surface area (Å²) in [5.74, 6) is 0. The Balaban J connectivity index is 2.97. The van der Waals surface area contributed by atoms with Crippen LogP contribution in [0.3, 0.4) is 0 Å². The van der Waals surface area contributed by atoms with Gasteiger partial charge in [-0.3, -0.25) is 10.1 Å². The molecule has 1 N–H and O–H groups in total. The first-order valence-corrected chi connectivity index (χ1v) is 5.56. The highest BCUT2D eigenvalue weighted by molar-refractivity contribution is 5.91. The second kappa shape index (κ2) is 5.48. The van der Waals surface area contributed by atoms with Crippen LogP contribution in [0.2, 0.25) is 0 Å². The summed E-state index contributed by atoms with van der Waals surface area (Å²) in [6.07, 6.45) is -5.42. The van der Waals surface area contributed by atoms with E-state index in [4.69, 9.17) is 4.74 Å². The van der Waals surface area contributed by atoms with E-state index in [-0.39, 0.29) is 12.0 Å². The molecule has 0 aliphatic carbocycles. The molecule has 1 aromatic heterocycles. The number of carbonyl (C=O) groups excluding carboxylic acids is 2. The number of amides is 1. The lowest BCUT2D eigenvalue weighted by atomic mass is 10.2. The number of nitrogens with zero attached hydrogens (tertiary/aromatic N) is 1. The number of anilines is 1. The monoisotopic (exact) mass is 290 g/mol.